The molecule has 0 fully saturated rings. The third kappa shape index (κ3) is 3.68. The largest absolute Gasteiger partial charge is 0.394 e. The van der Waals surface area contributed by atoms with Crippen LogP contribution in [0.2, 0.25) is 0 Å². The Morgan fingerprint density at radius 3 is 2.59 bits per heavy atom. The number of aryl methyl sites for hydroxylation is 1. The summed E-state index contributed by atoms with van der Waals surface area (Å²) in [6, 6.07) is 4.73. The highest BCUT2D eigenvalue weighted by atomic mass is 19.1. The van der Waals surface area contributed by atoms with E-state index in [-0.39, 0.29) is 12.4 Å². The molecule has 0 amide bonds. The monoisotopic (exact) mass is 241 g/mol. The summed E-state index contributed by atoms with van der Waals surface area (Å²) in [4.78, 5) is 0. The van der Waals surface area contributed by atoms with Crippen molar-refractivity contribution in [1.82, 2.24) is 0 Å². The first kappa shape index (κ1) is 13.9. The van der Waals surface area contributed by atoms with Crippen LogP contribution in [0.5, 0.6) is 0 Å². The number of benzene rings is 1. The molecule has 1 aromatic rings. The fraction of sp³-hybridized carbons (Fsp3) is 0.538. The quantitative estimate of drug-likeness (QED) is 0.803. The Labute approximate surface area is 102 Å². The maximum atomic E-state index is 13.3. The molecule has 4 heteroatoms. The van der Waals surface area contributed by atoms with Gasteiger partial charge in [0.2, 0.25) is 0 Å². The minimum Gasteiger partial charge on any atom is -0.394 e. The molecule has 0 spiro atoms. The molecule has 17 heavy (non-hydrogen) atoms. The Balaban J connectivity index is 2.92. The van der Waals surface area contributed by atoms with Crippen LogP contribution in [0.25, 0.3) is 0 Å². The molecule has 0 aliphatic heterocycles. The second-order valence-electron chi connectivity index (χ2n) is 4.37. The van der Waals surface area contributed by atoms with E-state index < -0.39 is 5.54 Å². The lowest BCUT2D eigenvalue weighted by atomic mass is 9.97. The topological polar surface area (TPSA) is 41.5 Å². The summed E-state index contributed by atoms with van der Waals surface area (Å²) in [5.74, 6) is -0.284. The van der Waals surface area contributed by atoms with Gasteiger partial charge in [-0.1, -0.05) is 6.92 Å². The van der Waals surface area contributed by atoms with Crippen molar-refractivity contribution in [2.24, 2.45) is 0 Å². The van der Waals surface area contributed by atoms with Crippen LogP contribution in [0.15, 0.2) is 18.2 Å². The summed E-state index contributed by atoms with van der Waals surface area (Å²) in [5.41, 5.74) is 0.943. The lowest BCUT2D eigenvalue weighted by Crippen LogP contribution is -2.45. The van der Waals surface area contributed by atoms with Crippen molar-refractivity contribution < 1.29 is 14.2 Å². The standard InChI is InChI=1S/C13H20FNO2/c1-4-13(8-16,9-17-3)15-12-6-10(2)5-11(14)7-12/h5-7,15-16H,4,8-9H2,1-3H3. The Bertz CT molecular complexity index is 344. The van der Waals surface area contributed by atoms with Crippen LogP contribution < -0.4 is 5.32 Å². The van der Waals surface area contributed by atoms with E-state index in [2.05, 4.69) is 5.32 Å². The Kier molecular flexibility index (Phi) is 4.90. The van der Waals surface area contributed by atoms with Gasteiger partial charge in [-0.05, 0) is 37.1 Å². The first-order valence-electron chi connectivity index (χ1n) is 5.70. The minimum atomic E-state index is -0.561. The number of methoxy groups -OCH3 is 1. The molecule has 0 saturated heterocycles. The normalized spacial score (nSPS) is 14.4. The van der Waals surface area contributed by atoms with E-state index in [0.717, 1.165) is 5.56 Å². The highest BCUT2D eigenvalue weighted by Gasteiger charge is 2.27. The average molecular weight is 241 g/mol. The Morgan fingerprint density at radius 2 is 2.12 bits per heavy atom. The van der Waals surface area contributed by atoms with Crippen LogP contribution in [0, 0.1) is 12.7 Å². The van der Waals surface area contributed by atoms with Gasteiger partial charge in [-0.15, -0.1) is 0 Å². The summed E-state index contributed by atoms with van der Waals surface area (Å²) in [6.07, 6.45) is 0.687. The fourth-order valence-electron chi connectivity index (χ4n) is 1.81. The molecule has 0 aliphatic carbocycles. The summed E-state index contributed by atoms with van der Waals surface area (Å²) in [5, 5.41) is 12.6. The molecular weight excluding hydrogens is 221 g/mol. The van der Waals surface area contributed by atoms with Crippen molar-refractivity contribution >= 4 is 5.69 Å². The molecule has 0 aliphatic rings. The van der Waals surface area contributed by atoms with Crippen LogP contribution >= 0.6 is 0 Å². The van der Waals surface area contributed by atoms with Gasteiger partial charge in [0.15, 0.2) is 0 Å². The van der Waals surface area contributed by atoms with E-state index in [1.165, 1.54) is 12.1 Å². The van der Waals surface area contributed by atoms with Crippen LogP contribution in [-0.4, -0.2) is 31.0 Å². The molecule has 1 unspecified atom stereocenters. The molecule has 1 atom stereocenters. The van der Waals surface area contributed by atoms with Crippen molar-refractivity contribution in [3.63, 3.8) is 0 Å². The van der Waals surface area contributed by atoms with Crippen LogP contribution in [-0.2, 0) is 4.74 Å². The zero-order chi connectivity index (χ0) is 12.9. The van der Waals surface area contributed by atoms with Gasteiger partial charge in [0.25, 0.3) is 0 Å². The number of aliphatic hydroxyl groups excluding tert-OH is 1. The molecule has 1 rings (SSSR count). The highest BCUT2D eigenvalue weighted by Crippen LogP contribution is 2.21. The maximum absolute atomic E-state index is 13.3. The van der Waals surface area contributed by atoms with Gasteiger partial charge < -0.3 is 15.2 Å². The second-order valence-corrected chi connectivity index (χ2v) is 4.37. The van der Waals surface area contributed by atoms with Crippen molar-refractivity contribution in [3.8, 4) is 0 Å². The average Bonchev–Trinajstić information content (AvgIpc) is 2.27. The van der Waals surface area contributed by atoms with Crippen molar-refractivity contribution in [3.05, 3.63) is 29.6 Å². The van der Waals surface area contributed by atoms with Gasteiger partial charge in [-0.25, -0.2) is 4.39 Å². The zero-order valence-electron chi connectivity index (χ0n) is 10.6. The van der Waals surface area contributed by atoms with E-state index in [9.17, 15) is 9.50 Å². The second kappa shape index (κ2) is 5.98. The van der Waals surface area contributed by atoms with Crippen LogP contribution in [0.1, 0.15) is 18.9 Å². The van der Waals surface area contributed by atoms with Gasteiger partial charge in [0.1, 0.15) is 5.82 Å². The van der Waals surface area contributed by atoms with Gasteiger partial charge in [-0.2, -0.15) is 0 Å². The number of rotatable bonds is 6. The first-order valence-corrected chi connectivity index (χ1v) is 5.70. The van der Waals surface area contributed by atoms with Crippen LogP contribution in [0.3, 0.4) is 0 Å². The molecule has 1 aromatic carbocycles. The summed E-state index contributed by atoms with van der Waals surface area (Å²) >= 11 is 0. The lowest BCUT2D eigenvalue weighted by Gasteiger charge is -2.32. The lowest BCUT2D eigenvalue weighted by molar-refractivity contribution is 0.0962. The highest BCUT2D eigenvalue weighted by molar-refractivity contribution is 5.48. The zero-order valence-corrected chi connectivity index (χ0v) is 10.6. The number of anilines is 1. The first-order chi connectivity index (χ1) is 8.05. The summed E-state index contributed by atoms with van der Waals surface area (Å²) in [7, 11) is 1.58. The summed E-state index contributed by atoms with van der Waals surface area (Å²) in [6.45, 7) is 4.09. The molecule has 3 nitrogen and oxygen atoms in total. The fourth-order valence-corrected chi connectivity index (χ4v) is 1.81. The van der Waals surface area contributed by atoms with Crippen molar-refractivity contribution in [2.75, 3.05) is 25.6 Å². The smallest absolute Gasteiger partial charge is 0.125 e. The molecule has 0 bridgehead atoms. The molecule has 96 valence electrons. The van der Waals surface area contributed by atoms with E-state index in [0.29, 0.717) is 18.7 Å². The number of ether oxygens (including phenoxy) is 1. The number of aliphatic hydroxyl groups is 1. The minimum absolute atomic E-state index is 0.0626. The number of hydrogen-bond donors (Lipinski definition) is 2. The van der Waals surface area contributed by atoms with Gasteiger partial charge in [0.05, 0.1) is 18.8 Å². The summed E-state index contributed by atoms with van der Waals surface area (Å²) < 4.78 is 18.4. The van der Waals surface area contributed by atoms with Crippen LogP contribution in [0.4, 0.5) is 10.1 Å². The maximum Gasteiger partial charge on any atom is 0.125 e. The molecular formula is C13H20FNO2. The predicted octanol–water partition coefficient (Wildman–Crippen LogP) is 2.33. The molecule has 0 heterocycles. The predicted molar refractivity (Wildman–Crippen MR) is 66.7 cm³/mol. The van der Waals surface area contributed by atoms with Gasteiger partial charge >= 0.3 is 0 Å². The Morgan fingerprint density at radius 1 is 1.41 bits per heavy atom. The number of nitrogens with one attached hydrogen (secondary N) is 1. The third-order valence-electron chi connectivity index (χ3n) is 2.85. The molecule has 0 radical (unpaired) electrons. The molecule has 2 N–H and O–H groups in total. The van der Waals surface area contributed by atoms with E-state index in [1.54, 1.807) is 7.11 Å². The molecule has 0 saturated carbocycles. The van der Waals surface area contributed by atoms with E-state index >= 15 is 0 Å². The van der Waals surface area contributed by atoms with E-state index in [1.807, 2.05) is 19.9 Å². The van der Waals surface area contributed by atoms with Gasteiger partial charge in [-0.3, -0.25) is 0 Å². The van der Waals surface area contributed by atoms with Crippen molar-refractivity contribution in [2.45, 2.75) is 25.8 Å². The molecule has 0 aromatic heterocycles. The van der Waals surface area contributed by atoms with Crippen molar-refractivity contribution in [1.29, 1.82) is 0 Å². The number of halogens is 1. The van der Waals surface area contributed by atoms with Gasteiger partial charge in [0, 0.05) is 12.8 Å². The SMILES string of the molecule is CCC(CO)(COC)Nc1cc(C)cc(F)c1. The van der Waals surface area contributed by atoms with E-state index in [4.69, 9.17) is 4.74 Å². The third-order valence-corrected chi connectivity index (χ3v) is 2.85. The number of hydrogen-bond acceptors (Lipinski definition) is 3. The Hall–Kier alpha value is -1.13.